The number of hydrogen-bond acceptors (Lipinski definition) is 4. The van der Waals surface area contributed by atoms with Gasteiger partial charge in [-0.15, -0.1) is 0 Å². The number of carbonyl (C=O) groups excluding carboxylic acids is 2. The van der Waals surface area contributed by atoms with E-state index in [-0.39, 0.29) is 11.6 Å². The van der Waals surface area contributed by atoms with Crippen LogP contribution in [0.5, 0.6) is 0 Å². The number of nitrogens with one attached hydrogen (secondary N) is 1. The van der Waals surface area contributed by atoms with Crippen molar-refractivity contribution in [1.82, 2.24) is 4.90 Å². The van der Waals surface area contributed by atoms with Gasteiger partial charge in [0.15, 0.2) is 0 Å². The van der Waals surface area contributed by atoms with E-state index in [2.05, 4.69) is 27.9 Å². The third-order valence-electron chi connectivity index (χ3n) is 4.63. The summed E-state index contributed by atoms with van der Waals surface area (Å²) in [5, 5.41) is 3.22. The lowest BCUT2D eigenvalue weighted by molar-refractivity contribution is 0.0948. The van der Waals surface area contributed by atoms with E-state index in [0.717, 1.165) is 35.2 Å². The number of fused-ring (bicyclic) bond motifs is 1. The van der Waals surface area contributed by atoms with Gasteiger partial charge >= 0.3 is 0 Å². The zero-order chi connectivity index (χ0) is 17.4. The van der Waals surface area contributed by atoms with E-state index in [1.165, 1.54) is 0 Å². The lowest BCUT2D eigenvalue weighted by Gasteiger charge is -2.28. The van der Waals surface area contributed by atoms with Gasteiger partial charge in [-0.25, -0.2) is 0 Å². The zero-order valence-corrected chi connectivity index (χ0v) is 15.7. The van der Waals surface area contributed by atoms with Gasteiger partial charge in [-0.2, -0.15) is 0 Å². The normalized spacial score (nSPS) is 17.1. The highest BCUT2D eigenvalue weighted by atomic mass is 127. The Bertz CT molecular complexity index is 881. The minimum Gasteiger partial charge on any atom is -0.367 e. The lowest BCUT2D eigenvalue weighted by atomic mass is 9.89. The SMILES string of the molecule is O=C1C(Nc2ccc(I)cc2)=C(N2CCCC2)C(=O)c2ccccc21. The fourth-order valence-electron chi connectivity index (χ4n) is 3.40. The number of hydrogen-bond donors (Lipinski definition) is 1. The van der Waals surface area contributed by atoms with E-state index in [1.807, 2.05) is 35.2 Å². The molecule has 1 saturated heterocycles. The number of carbonyl (C=O) groups is 2. The second-order valence-electron chi connectivity index (χ2n) is 6.25. The molecule has 2 aromatic rings. The molecule has 1 aliphatic carbocycles. The third-order valence-corrected chi connectivity index (χ3v) is 5.35. The number of ketones is 2. The van der Waals surface area contributed by atoms with Gasteiger partial charge in [0.05, 0.1) is 0 Å². The van der Waals surface area contributed by atoms with Crippen LogP contribution in [-0.4, -0.2) is 29.6 Å². The van der Waals surface area contributed by atoms with Gasteiger partial charge in [0.1, 0.15) is 11.4 Å². The third kappa shape index (κ3) is 2.97. The first kappa shape index (κ1) is 16.3. The topological polar surface area (TPSA) is 49.4 Å². The minimum atomic E-state index is -0.115. The maximum atomic E-state index is 13.1. The van der Waals surface area contributed by atoms with Crippen LogP contribution in [0, 0.1) is 3.57 Å². The van der Waals surface area contributed by atoms with Crippen molar-refractivity contribution < 1.29 is 9.59 Å². The fourth-order valence-corrected chi connectivity index (χ4v) is 3.76. The molecule has 5 heteroatoms. The average Bonchev–Trinajstić information content (AvgIpc) is 3.15. The van der Waals surface area contributed by atoms with Crippen LogP contribution in [0.3, 0.4) is 0 Å². The van der Waals surface area contributed by atoms with Crippen LogP contribution in [0.4, 0.5) is 5.69 Å². The van der Waals surface area contributed by atoms with Gasteiger partial charge in [0.2, 0.25) is 11.6 Å². The highest BCUT2D eigenvalue weighted by Crippen LogP contribution is 2.31. The molecule has 2 aromatic carbocycles. The van der Waals surface area contributed by atoms with Crippen LogP contribution in [0.1, 0.15) is 33.6 Å². The van der Waals surface area contributed by atoms with E-state index in [0.29, 0.717) is 22.5 Å². The molecular weight excluding hydrogens is 427 g/mol. The fraction of sp³-hybridized carbons (Fsp3) is 0.200. The van der Waals surface area contributed by atoms with Gasteiger partial charge in [0, 0.05) is 33.5 Å². The van der Waals surface area contributed by atoms with Crippen LogP contribution in [0.15, 0.2) is 59.9 Å². The van der Waals surface area contributed by atoms with Crippen molar-refractivity contribution in [1.29, 1.82) is 0 Å². The molecule has 1 N–H and O–H groups in total. The molecule has 0 saturated carbocycles. The predicted molar refractivity (Wildman–Crippen MR) is 106 cm³/mol. The van der Waals surface area contributed by atoms with E-state index >= 15 is 0 Å². The Morgan fingerprint density at radius 1 is 0.840 bits per heavy atom. The Kier molecular flexibility index (Phi) is 4.33. The monoisotopic (exact) mass is 444 g/mol. The summed E-state index contributed by atoms with van der Waals surface area (Å²) < 4.78 is 1.12. The number of benzene rings is 2. The summed E-state index contributed by atoms with van der Waals surface area (Å²) >= 11 is 2.24. The van der Waals surface area contributed by atoms with E-state index in [9.17, 15) is 9.59 Å². The van der Waals surface area contributed by atoms with Crippen molar-refractivity contribution in [3.05, 3.63) is 74.6 Å². The second-order valence-corrected chi connectivity index (χ2v) is 7.50. The number of allylic oxidation sites excluding steroid dienone is 2. The number of Topliss-reactive ketones (excluding diaryl/α,β-unsaturated/α-hetero) is 2. The summed E-state index contributed by atoms with van der Waals surface area (Å²) in [4.78, 5) is 28.3. The first-order chi connectivity index (χ1) is 12.1. The van der Waals surface area contributed by atoms with Crippen molar-refractivity contribution in [3.63, 3.8) is 0 Å². The van der Waals surface area contributed by atoms with E-state index in [4.69, 9.17) is 0 Å². The summed E-state index contributed by atoms with van der Waals surface area (Å²) in [6.07, 6.45) is 2.09. The summed E-state index contributed by atoms with van der Waals surface area (Å²) in [6, 6.07) is 14.9. The van der Waals surface area contributed by atoms with Gasteiger partial charge in [0.25, 0.3) is 0 Å². The molecule has 2 aliphatic rings. The van der Waals surface area contributed by atoms with Crippen LogP contribution in [0.2, 0.25) is 0 Å². The molecule has 4 rings (SSSR count). The standard InChI is InChI=1S/C20H17IN2O2/c21-13-7-9-14(10-8-13)22-17-18(23-11-3-4-12-23)20(25)16-6-2-1-5-15(16)19(17)24/h1-2,5-10,22H,3-4,11-12H2. The molecule has 0 bridgehead atoms. The first-order valence-corrected chi connectivity index (χ1v) is 9.43. The molecular formula is C20H17IN2O2. The Labute approximate surface area is 160 Å². The summed E-state index contributed by atoms with van der Waals surface area (Å²) in [7, 11) is 0. The largest absolute Gasteiger partial charge is 0.367 e. The van der Waals surface area contributed by atoms with Crippen molar-refractivity contribution in [2.45, 2.75) is 12.8 Å². The average molecular weight is 444 g/mol. The van der Waals surface area contributed by atoms with Crippen molar-refractivity contribution in [2.24, 2.45) is 0 Å². The maximum absolute atomic E-state index is 13.1. The maximum Gasteiger partial charge on any atom is 0.212 e. The lowest BCUT2D eigenvalue weighted by Crippen LogP contribution is -2.35. The minimum absolute atomic E-state index is 0.0647. The molecule has 4 nitrogen and oxygen atoms in total. The molecule has 1 heterocycles. The Balaban J connectivity index is 1.82. The van der Waals surface area contributed by atoms with Crippen molar-refractivity contribution in [3.8, 4) is 0 Å². The number of halogens is 1. The summed E-state index contributed by atoms with van der Waals surface area (Å²) in [5.74, 6) is -0.180. The second kappa shape index (κ2) is 6.63. The Hall–Kier alpha value is -2.15. The van der Waals surface area contributed by atoms with Gasteiger partial charge in [-0.3, -0.25) is 9.59 Å². The molecule has 126 valence electrons. The van der Waals surface area contributed by atoms with E-state index in [1.54, 1.807) is 18.2 Å². The molecule has 0 spiro atoms. The van der Waals surface area contributed by atoms with E-state index < -0.39 is 0 Å². The molecule has 0 amide bonds. The van der Waals surface area contributed by atoms with Gasteiger partial charge in [-0.05, 0) is 59.7 Å². The quantitative estimate of drug-likeness (QED) is 0.725. The molecule has 0 unspecified atom stereocenters. The smallest absolute Gasteiger partial charge is 0.212 e. The highest BCUT2D eigenvalue weighted by Gasteiger charge is 2.35. The van der Waals surface area contributed by atoms with Gasteiger partial charge < -0.3 is 10.2 Å². The number of nitrogens with zero attached hydrogens (tertiary/aromatic N) is 1. The molecule has 0 atom stereocenters. The Morgan fingerprint density at radius 3 is 2.08 bits per heavy atom. The van der Waals surface area contributed by atoms with Crippen molar-refractivity contribution in [2.75, 3.05) is 18.4 Å². The summed E-state index contributed by atoms with van der Waals surface area (Å²) in [6.45, 7) is 1.63. The van der Waals surface area contributed by atoms with Crippen LogP contribution in [0.25, 0.3) is 0 Å². The predicted octanol–water partition coefficient (Wildman–Crippen LogP) is 4.09. The van der Waals surface area contributed by atoms with Gasteiger partial charge in [-0.1, -0.05) is 24.3 Å². The number of rotatable bonds is 3. The number of likely N-dealkylation sites (tertiary alicyclic amines) is 1. The van der Waals surface area contributed by atoms with Crippen LogP contribution in [-0.2, 0) is 0 Å². The Morgan fingerprint density at radius 2 is 1.44 bits per heavy atom. The molecule has 25 heavy (non-hydrogen) atoms. The number of anilines is 1. The van der Waals surface area contributed by atoms with Crippen LogP contribution < -0.4 is 5.32 Å². The van der Waals surface area contributed by atoms with Crippen molar-refractivity contribution >= 4 is 39.8 Å². The van der Waals surface area contributed by atoms with Crippen LogP contribution >= 0.6 is 22.6 Å². The summed E-state index contributed by atoms with van der Waals surface area (Å²) in [5.41, 5.74) is 2.70. The molecule has 0 aromatic heterocycles. The first-order valence-electron chi connectivity index (χ1n) is 8.35. The molecule has 1 aliphatic heterocycles. The molecule has 0 radical (unpaired) electrons. The highest BCUT2D eigenvalue weighted by molar-refractivity contribution is 14.1. The zero-order valence-electron chi connectivity index (χ0n) is 13.6. The molecule has 1 fully saturated rings.